The third kappa shape index (κ3) is 3.32. The number of hydrogen-bond acceptors (Lipinski definition) is 0. The quantitative estimate of drug-likeness (QED) is 0.228. The van der Waals surface area contributed by atoms with E-state index in [2.05, 4.69) is 53.0 Å². The van der Waals surface area contributed by atoms with E-state index in [1.165, 1.54) is 64.2 Å². The van der Waals surface area contributed by atoms with Crippen LogP contribution < -0.4 is 0 Å². The normalized spacial score (nSPS) is 48.9. The van der Waals surface area contributed by atoms with Gasteiger partial charge in [0.25, 0.3) is 0 Å². The SMILES string of the molecule is IC1CCC2CC(C3=CCC4C(CCC5C=CC=CC54)C3)CCC2C1. The van der Waals surface area contributed by atoms with Crippen molar-refractivity contribution in [1.29, 1.82) is 0 Å². The highest BCUT2D eigenvalue weighted by molar-refractivity contribution is 14.1. The molecule has 1 heteroatoms. The highest BCUT2D eigenvalue weighted by Crippen LogP contribution is 2.52. The summed E-state index contributed by atoms with van der Waals surface area (Å²) in [5.74, 6) is 6.70. The largest absolute Gasteiger partial charge is 0.0847 e. The van der Waals surface area contributed by atoms with Crippen molar-refractivity contribution in [2.24, 2.45) is 41.4 Å². The summed E-state index contributed by atoms with van der Waals surface area (Å²) in [5, 5.41) is 0. The molecule has 0 aromatic carbocycles. The average Bonchev–Trinajstić information content (AvgIpc) is 2.67. The summed E-state index contributed by atoms with van der Waals surface area (Å²) in [7, 11) is 0. The van der Waals surface area contributed by atoms with E-state index in [-0.39, 0.29) is 0 Å². The minimum atomic E-state index is 0.844. The molecule has 0 spiro atoms. The second-order valence-corrected chi connectivity index (χ2v) is 11.4. The van der Waals surface area contributed by atoms with Gasteiger partial charge in [-0.05, 0) is 106 Å². The van der Waals surface area contributed by atoms with Gasteiger partial charge in [0.1, 0.15) is 0 Å². The molecule has 0 N–H and O–H groups in total. The summed E-state index contributed by atoms with van der Waals surface area (Å²) in [6, 6.07) is 0. The van der Waals surface area contributed by atoms with E-state index in [9.17, 15) is 0 Å². The van der Waals surface area contributed by atoms with Crippen LogP contribution >= 0.6 is 22.6 Å². The van der Waals surface area contributed by atoms with E-state index in [4.69, 9.17) is 0 Å². The Morgan fingerprint density at radius 3 is 2.56 bits per heavy atom. The van der Waals surface area contributed by atoms with Crippen LogP contribution in [0.5, 0.6) is 0 Å². The highest BCUT2D eigenvalue weighted by atomic mass is 127. The molecule has 0 aromatic heterocycles. The van der Waals surface area contributed by atoms with Crippen LogP contribution in [0.1, 0.15) is 64.2 Å². The van der Waals surface area contributed by atoms with Crippen molar-refractivity contribution in [3.05, 3.63) is 36.0 Å². The molecule has 0 heterocycles. The first-order chi connectivity index (χ1) is 12.3. The maximum absolute atomic E-state index is 2.73. The van der Waals surface area contributed by atoms with Crippen LogP contribution in [0.4, 0.5) is 0 Å². The van der Waals surface area contributed by atoms with Crippen LogP contribution in [0.2, 0.25) is 0 Å². The molecule has 0 aliphatic heterocycles. The van der Waals surface area contributed by atoms with Gasteiger partial charge in [-0.1, -0.05) is 58.5 Å². The lowest BCUT2D eigenvalue weighted by atomic mass is 9.58. The van der Waals surface area contributed by atoms with Crippen LogP contribution in [0.15, 0.2) is 36.0 Å². The van der Waals surface area contributed by atoms with Gasteiger partial charge in [-0.15, -0.1) is 0 Å². The average molecular weight is 448 g/mol. The van der Waals surface area contributed by atoms with Crippen molar-refractivity contribution < 1.29 is 0 Å². The molecule has 8 atom stereocenters. The first kappa shape index (κ1) is 17.1. The Balaban J connectivity index is 1.26. The second-order valence-electron chi connectivity index (χ2n) is 9.67. The fourth-order valence-corrected chi connectivity index (χ4v) is 8.15. The van der Waals surface area contributed by atoms with E-state index >= 15 is 0 Å². The lowest BCUT2D eigenvalue weighted by Gasteiger charge is -2.47. The molecule has 5 aliphatic carbocycles. The molecule has 5 rings (SSSR count). The summed E-state index contributed by atoms with van der Waals surface area (Å²) in [4.78, 5) is 0. The molecular formula is C24H33I. The summed E-state index contributed by atoms with van der Waals surface area (Å²) >= 11 is 2.71. The molecule has 25 heavy (non-hydrogen) atoms. The van der Waals surface area contributed by atoms with Gasteiger partial charge in [-0.2, -0.15) is 0 Å². The Kier molecular flexibility index (Phi) is 4.90. The molecule has 0 aromatic rings. The van der Waals surface area contributed by atoms with Gasteiger partial charge < -0.3 is 0 Å². The smallest absolute Gasteiger partial charge is 0.0112 e. The molecule has 136 valence electrons. The van der Waals surface area contributed by atoms with E-state index in [1.54, 1.807) is 0 Å². The standard InChI is InChI=1S/C24H33I/c25-22-11-9-18-13-17(6-7-20(18)15-22)19-10-12-24-21(14-19)8-5-16-3-1-2-4-23(16)24/h1-4,10,16-18,20-24H,5-9,11-15H2. The number of hydrogen-bond donors (Lipinski definition) is 0. The predicted molar refractivity (Wildman–Crippen MR) is 115 cm³/mol. The second kappa shape index (κ2) is 7.17. The maximum atomic E-state index is 2.73. The van der Waals surface area contributed by atoms with Crippen LogP contribution in [-0.4, -0.2) is 3.92 Å². The topological polar surface area (TPSA) is 0 Å². The molecule has 3 fully saturated rings. The molecular weight excluding hydrogens is 415 g/mol. The Bertz CT molecular complexity index is 585. The lowest BCUT2D eigenvalue weighted by molar-refractivity contribution is 0.118. The zero-order chi connectivity index (χ0) is 16.8. The van der Waals surface area contributed by atoms with Gasteiger partial charge in [0.05, 0.1) is 0 Å². The molecule has 0 nitrogen and oxygen atoms in total. The van der Waals surface area contributed by atoms with Crippen LogP contribution in [0, 0.1) is 41.4 Å². The fourth-order valence-electron chi connectivity index (χ4n) is 7.13. The van der Waals surface area contributed by atoms with Crippen molar-refractivity contribution in [3.8, 4) is 0 Å². The zero-order valence-electron chi connectivity index (χ0n) is 15.5. The summed E-state index contributed by atoms with van der Waals surface area (Å²) < 4.78 is 0.970. The Labute approximate surface area is 167 Å². The van der Waals surface area contributed by atoms with Crippen molar-refractivity contribution in [1.82, 2.24) is 0 Å². The molecule has 0 radical (unpaired) electrons. The molecule has 3 saturated carbocycles. The molecule has 5 aliphatic rings. The monoisotopic (exact) mass is 448 g/mol. The van der Waals surface area contributed by atoms with Crippen LogP contribution in [0.25, 0.3) is 0 Å². The van der Waals surface area contributed by atoms with Crippen molar-refractivity contribution in [2.45, 2.75) is 68.1 Å². The molecule has 0 saturated heterocycles. The van der Waals surface area contributed by atoms with Gasteiger partial charge in [-0.3, -0.25) is 0 Å². The summed E-state index contributed by atoms with van der Waals surface area (Å²) in [5.41, 5.74) is 1.89. The van der Waals surface area contributed by atoms with Gasteiger partial charge in [0.2, 0.25) is 0 Å². The maximum Gasteiger partial charge on any atom is 0.0112 e. The van der Waals surface area contributed by atoms with Crippen LogP contribution in [-0.2, 0) is 0 Å². The van der Waals surface area contributed by atoms with Crippen molar-refractivity contribution in [3.63, 3.8) is 0 Å². The number of halogens is 1. The van der Waals surface area contributed by atoms with Gasteiger partial charge in [0.15, 0.2) is 0 Å². The number of alkyl halides is 1. The Morgan fingerprint density at radius 1 is 0.800 bits per heavy atom. The van der Waals surface area contributed by atoms with Crippen molar-refractivity contribution >= 4 is 22.6 Å². The van der Waals surface area contributed by atoms with Gasteiger partial charge in [-0.25, -0.2) is 0 Å². The van der Waals surface area contributed by atoms with Gasteiger partial charge >= 0.3 is 0 Å². The lowest BCUT2D eigenvalue weighted by Crippen LogP contribution is -2.37. The summed E-state index contributed by atoms with van der Waals surface area (Å²) in [6.45, 7) is 0. The van der Waals surface area contributed by atoms with Crippen molar-refractivity contribution in [2.75, 3.05) is 0 Å². The van der Waals surface area contributed by atoms with E-state index in [1.807, 2.05) is 5.57 Å². The van der Waals surface area contributed by atoms with Gasteiger partial charge in [0, 0.05) is 3.92 Å². The predicted octanol–water partition coefficient (Wildman–Crippen LogP) is 7.11. The minimum Gasteiger partial charge on any atom is -0.0847 e. The van der Waals surface area contributed by atoms with E-state index in [0.717, 1.165) is 45.3 Å². The van der Waals surface area contributed by atoms with E-state index in [0.29, 0.717) is 0 Å². The molecule has 0 bridgehead atoms. The first-order valence-electron chi connectivity index (χ1n) is 11.0. The number of rotatable bonds is 1. The third-order valence-corrected chi connectivity index (χ3v) is 9.62. The third-order valence-electron chi connectivity index (χ3n) is 8.49. The molecule has 8 unspecified atom stereocenters. The Hall–Kier alpha value is -0.0500. The highest BCUT2D eigenvalue weighted by Gasteiger charge is 2.41. The fraction of sp³-hybridized carbons (Fsp3) is 0.750. The number of allylic oxidation sites excluding steroid dienone is 6. The first-order valence-corrected chi connectivity index (χ1v) is 12.2. The summed E-state index contributed by atoms with van der Waals surface area (Å²) in [6.07, 6.45) is 27.2. The zero-order valence-corrected chi connectivity index (χ0v) is 17.6. The van der Waals surface area contributed by atoms with Crippen LogP contribution in [0.3, 0.4) is 0 Å². The number of fused-ring (bicyclic) bond motifs is 4. The molecule has 0 amide bonds. The van der Waals surface area contributed by atoms with E-state index < -0.39 is 0 Å². The minimum absolute atomic E-state index is 0.844. The Morgan fingerprint density at radius 2 is 1.60 bits per heavy atom.